The fourth-order valence-corrected chi connectivity index (χ4v) is 4.01. The average molecular weight is 246 g/mol. The van der Waals surface area contributed by atoms with Crippen LogP contribution in [0.2, 0.25) is 0 Å². The normalized spacial score (nSPS) is 28.4. The van der Waals surface area contributed by atoms with Crippen molar-refractivity contribution in [3.8, 4) is 0 Å². The van der Waals surface area contributed by atoms with E-state index in [0.29, 0.717) is 17.4 Å². The Morgan fingerprint density at radius 3 is 2.56 bits per heavy atom. The largest absolute Gasteiger partial charge is 0.316 e. The van der Waals surface area contributed by atoms with Crippen LogP contribution in [0.4, 0.5) is 0 Å². The lowest BCUT2D eigenvalue weighted by atomic mass is 10.1. The zero-order chi connectivity index (χ0) is 11.4. The van der Waals surface area contributed by atoms with Crippen molar-refractivity contribution >= 4 is 9.84 Å². The van der Waals surface area contributed by atoms with Crippen LogP contribution in [0.1, 0.15) is 25.7 Å². The molecule has 1 heterocycles. The second-order valence-electron chi connectivity index (χ2n) is 5.06. The monoisotopic (exact) mass is 246 g/mol. The van der Waals surface area contributed by atoms with E-state index in [4.69, 9.17) is 0 Å². The third-order valence-electron chi connectivity index (χ3n) is 3.30. The maximum Gasteiger partial charge on any atom is 0.150 e. The molecular formula is C11H22N2O2S. The van der Waals surface area contributed by atoms with Gasteiger partial charge in [0.25, 0.3) is 0 Å². The van der Waals surface area contributed by atoms with Crippen LogP contribution in [0.3, 0.4) is 0 Å². The van der Waals surface area contributed by atoms with Gasteiger partial charge in [0.05, 0.1) is 11.5 Å². The van der Waals surface area contributed by atoms with Crippen molar-refractivity contribution in [2.24, 2.45) is 5.92 Å². The van der Waals surface area contributed by atoms with E-state index in [1.165, 1.54) is 12.8 Å². The Hall–Kier alpha value is -0.130. The summed E-state index contributed by atoms with van der Waals surface area (Å²) in [6.07, 6.45) is 4.66. The Kier molecular flexibility index (Phi) is 4.21. The summed E-state index contributed by atoms with van der Waals surface area (Å²) in [7, 11) is -2.70. The SMILES string of the molecule is O=S1(=O)CCC(CNCCCNC2CC2)C1. The Morgan fingerprint density at radius 1 is 1.12 bits per heavy atom. The van der Waals surface area contributed by atoms with E-state index in [9.17, 15) is 8.42 Å². The molecule has 16 heavy (non-hydrogen) atoms. The lowest BCUT2D eigenvalue weighted by Crippen LogP contribution is -2.27. The van der Waals surface area contributed by atoms with E-state index in [-0.39, 0.29) is 0 Å². The summed E-state index contributed by atoms with van der Waals surface area (Å²) in [5, 5.41) is 6.82. The first kappa shape index (κ1) is 12.3. The number of rotatable bonds is 7. The van der Waals surface area contributed by atoms with E-state index in [0.717, 1.165) is 38.5 Å². The molecule has 0 aromatic carbocycles. The van der Waals surface area contributed by atoms with Crippen LogP contribution in [0.15, 0.2) is 0 Å². The van der Waals surface area contributed by atoms with E-state index in [1.54, 1.807) is 0 Å². The zero-order valence-corrected chi connectivity index (χ0v) is 10.6. The van der Waals surface area contributed by atoms with Crippen LogP contribution in [-0.2, 0) is 9.84 Å². The fourth-order valence-electron chi connectivity index (χ4n) is 2.15. The van der Waals surface area contributed by atoms with E-state index < -0.39 is 9.84 Å². The minimum absolute atomic E-state index is 0.349. The third-order valence-corrected chi connectivity index (χ3v) is 5.14. The predicted octanol–water partition coefficient (Wildman–Crippen LogP) is 0.153. The Bertz CT molecular complexity index is 312. The molecule has 94 valence electrons. The van der Waals surface area contributed by atoms with Crippen molar-refractivity contribution in [3.05, 3.63) is 0 Å². The van der Waals surface area contributed by atoms with E-state index in [2.05, 4.69) is 10.6 Å². The molecule has 0 spiro atoms. The summed E-state index contributed by atoms with van der Waals surface area (Å²) >= 11 is 0. The van der Waals surface area contributed by atoms with Gasteiger partial charge < -0.3 is 10.6 Å². The Labute approximate surface area is 98.1 Å². The predicted molar refractivity (Wildman–Crippen MR) is 65.3 cm³/mol. The maximum absolute atomic E-state index is 11.2. The molecule has 2 N–H and O–H groups in total. The highest BCUT2D eigenvalue weighted by atomic mass is 32.2. The first-order valence-electron chi connectivity index (χ1n) is 6.30. The third kappa shape index (κ3) is 4.39. The van der Waals surface area contributed by atoms with Gasteiger partial charge >= 0.3 is 0 Å². The molecule has 0 bridgehead atoms. The molecule has 0 amide bonds. The zero-order valence-electron chi connectivity index (χ0n) is 9.74. The second-order valence-corrected chi connectivity index (χ2v) is 7.28. The first-order valence-corrected chi connectivity index (χ1v) is 8.12. The summed E-state index contributed by atoms with van der Waals surface area (Å²) < 4.78 is 22.4. The van der Waals surface area contributed by atoms with Gasteiger partial charge in [-0.1, -0.05) is 0 Å². The number of hydrogen-bond donors (Lipinski definition) is 2. The van der Waals surface area contributed by atoms with E-state index in [1.807, 2.05) is 0 Å². The summed E-state index contributed by atoms with van der Waals surface area (Å²) in [5.74, 6) is 1.13. The molecule has 4 nitrogen and oxygen atoms in total. The molecule has 1 aliphatic heterocycles. The van der Waals surface area contributed by atoms with Gasteiger partial charge in [0.1, 0.15) is 0 Å². The van der Waals surface area contributed by atoms with E-state index >= 15 is 0 Å². The molecule has 2 aliphatic rings. The molecule has 1 unspecified atom stereocenters. The lowest BCUT2D eigenvalue weighted by molar-refractivity contribution is 0.507. The van der Waals surface area contributed by atoms with Gasteiger partial charge in [-0.2, -0.15) is 0 Å². The summed E-state index contributed by atoms with van der Waals surface area (Å²) in [4.78, 5) is 0. The lowest BCUT2D eigenvalue weighted by Gasteiger charge is -2.09. The quantitative estimate of drug-likeness (QED) is 0.628. The average Bonchev–Trinajstić information content (AvgIpc) is 2.97. The molecule has 0 radical (unpaired) electrons. The Balaban J connectivity index is 1.45. The van der Waals surface area contributed by atoms with Crippen LogP contribution in [0, 0.1) is 5.92 Å². The second kappa shape index (κ2) is 5.47. The van der Waals surface area contributed by atoms with Crippen LogP contribution in [0.25, 0.3) is 0 Å². The molecule has 5 heteroatoms. The van der Waals surface area contributed by atoms with Gasteiger partial charge in [-0.25, -0.2) is 8.42 Å². The topological polar surface area (TPSA) is 58.2 Å². The van der Waals surface area contributed by atoms with Gasteiger partial charge in [-0.3, -0.25) is 0 Å². The van der Waals surface area contributed by atoms with Crippen LogP contribution in [-0.4, -0.2) is 45.6 Å². The standard InChI is InChI=1S/C11H22N2O2S/c14-16(15)7-4-10(9-16)8-12-5-1-6-13-11-2-3-11/h10-13H,1-9H2. The molecule has 2 fully saturated rings. The van der Waals surface area contributed by atoms with Crippen LogP contribution < -0.4 is 10.6 Å². The van der Waals surface area contributed by atoms with Crippen molar-refractivity contribution in [3.63, 3.8) is 0 Å². The molecule has 1 aliphatic carbocycles. The van der Waals surface area contributed by atoms with Crippen molar-refractivity contribution in [1.82, 2.24) is 10.6 Å². The molecule has 1 saturated carbocycles. The molecule has 2 rings (SSSR count). The molecule has 0 aromatic heterocycles. The Morgan fingerprint density at radius 2 is 1.94 bits per heavy atom. The summed E-state index contributed by atoms with van der Waals surface area (Å²) in [6, 6.07) is 0.792. The first-order chi connectivity index (χ1) is 7.66. The van der Waals surface area contributed by atoms with Gasteiger partial charge in [-0.05, 0) is 51.2 Å². The molecular weight excluding hydrogens is 224 g/mol. The van der Waals surface area contributed by atoms with Gasteiger partial charge in [0.15, 0.2) is 9.84 Å². The van der Waals surface area contributed by atoms with Crippen molar-refractivity contribution in [2.45, 2.75) is 31.7 Å². The van der Waals surface area contributed by atoms with Crippen LogP contribution >= 0.6 is 0 Å². The van der Waals surface area contributed by atoms with Crippen molar-refractivity contribution < 1.29 is 8.42 Å². The number of hydrogen-bond acceptors (Lipinski definition) is 4. The summed E-state index contributed by atoms with van der Waals surface area (Å²) in [6.45, 7) is 2.94. The summed E-state index contributed by atoms with van der Waals surface area (Å²) in [5.41, 5.74) is 0. The highest BCUT2D eigenvalue weighted by Gasteiger charge is 2.27. The van der Waals surface area contributed by atoms with Gasteiger partial charge in [0, 0.05) is 6.04 Å². The number of sulfone groups is 1. The number of nitrogens with one attached hydrogen (secondary N) is 2. The van der Waals surface area contributed by atoms with Crippen molar-refractivity contribution in [2.75, 3.05) is 31.1 Å². The highest BCUT2D eigenvalue weighted by molar-refractivity contribution is 7.91. The highest BCUT2D eigenvalue weighted by Crippen LogP contribution is 2.18. The minimum Gasteiger partial charge on any atom is -0.316 e. The molecule has 0 aromatic rings. The van der Waals surface area contributed by atoms with Crippen molar-refractivity contribution in [1.29, 1.82) is 0 Å². The molecule has 1 atom stereocenters. The smallest absolute Gasteiger partial charge is 0.150 e. The minimum atomic E-state index is -2.70. The fraction of sp³-hybridized carbons (Fsp3) is 1.00. The maximum atomic E-state index is 11.2. The van der Waals surface area contributed by atoms with Crippen LogP contribution in [0.5, 0.6) is 0 Å². The molecule has 1 saturated heterocycles. The van der Waals surface area contributed by atoms with Gasteiger partial charge in [-0.15, -0.1) is 0 Å². The van der Waals surface area contributed by atoms with Gasteiger partial charge in [0.2, 0.25) is 0 Å².